The first kappa shape index (κ1) is 12.6. The van der Waals surface area contributed by atoms with Crippen molar-refractivity contribution in [1.82, 2.24) is 5.32 Å². The number of hydrogen-bond acceptors (Lipinski definition) is 4. The van der Waals surface area contributed by atoms with E-state index in [1.165, 1.54) is 11.3 Å². The molecule has 100 valence electrons. The van der Waals surface area contributed by atoms with E-state index in [0.717, 1.165) is 5.56 Å². The lowest BCUT2D eigenvalue weighted by atomic mass is 9.96. The van der Waals surface area contributed by atoms with Gasteiger partial charge in [0.05, 0.1) is 16.5 Å². The van der Waals surface area contributed by atoms with Crippen LogP contribution in [0.4, 0.5) is 0 Å². The molecule has 1 aromatic heterocycles. The molecule has 3 rings (SSSR count). The second kappa shape index (κ2) is 4.94. The molecule has 2 N–H and O–H groups in total. The third kappa shape index (κ3) is 2.02. The van der Waals surface area contributed by atoms with E-state index in [-0.39, 0.29) is 11.4 Å². The maximum Gasteiger partial charge on any atom is 0.287 e. The first-order valence-corrected chi connectivity index (χ1v) is 6.93. The molecule has 0 bridgehead atoms. The molecule has 1 aliphatic rings. The fourth-order valence-corrected chi connectivity index (χ4v) is 2.88. The van der Waals surface area contributed by atoms with Crippen molar-refractivity contribution >= 4 is 23.0 Å². The number of nitrogens with one attached hydrogen (secondary N) is 1. The van der Waals surface area contributed by atoms with Gasteiger partial charge in [-0.1, -0.05) is 36.4 Å². The lowest BCUT2D eigenvalue weighted by Crippen LogP contribution is -2.23. The van der Waals surface area contributed by atoms with E-state index in [1.807, 2.05) is 30.3 Å². The van der Waals surface area contributed by atoms with Gasteiger partial charge >= 0.3 is 0 Å². The molecule has 4 nitrogen and oxygen atoms in total. The van der Waals surface area contributed by atoms with Crippen LogP contribution in [0.1, 0.15) is 21.3 Å². The van der Waals surface area contributed by atoms with Crippen LogP contribution in [0.25, 0.3) is 0 Å². The van der Waals surface area contributed by atoms with Crippen molar-refractivity contribution in [3.05, 3.63) is 69.6 Å². The van der Waals surface area contributed by atoms with E-state index >= 15 is 0 Å². The van der Waals surface area contributed by atoms with Crippen LogP contribution in [0.2, 0.25) is 0 Å². The summed E-state index contributed by atoms with van der Waals surface area (Å²) in [7, 11) is 0. The van der Waals surface area contributed by atoms with Crippen LogP contribution in [-0.2, 0) is 4.79 Å². The van der Waals surface area contributed by atoms with Gasteiger partial charge in [-0.3, -0.25) is 9.59 Å². The number of carbonyl (C=O) groups excluding carboxylic acids is 2. The summed E-state index contributed by atoms with van der Waals surface area (Å²) in [5, 5.41) is 14.3. The highest BCUT2D eigenvalue weighted by atomic mass is 32.1. The van der Waals surface area contributed by atoms with Gasteiger partial charge in [-0.25, -0.2) is 0 Å². The summed E-state index contributed by atoms with van der Waals surface area (Å²) in [6.07, 6.45) is 0. The highest BCUT2D eigenvalue weighted by Crippen LogP contribution is 2.32. The van der Waals surface area contributed by atoms with E-state index in [0.29, 0.717) is 4.88 Å². The van der Waals surface area contributed by atoms with Gasteiger partial charge in [0.2, 0.25) is 5.78 Å². The van der Waals surface area contributed by atoms with E-state index in [4.69, 9.17) is 0 Å². The van der Waals surface area contributed by atoms with E-state index in [2.05, 4.69) is 5.32 Å². The normalized spacial score (nSPS) is 18.2. The molecule has 0 saturated heterocycles. The lowest BCUT2D eigenvalue weighted by Gasteiger charge is -2.13. The van der Waals surface area contributed by atoms with Gasteiger partial charge < -0.3 is 10.4 Å². The zero-order valence-corrected chi connectivity index (χ0v) is 11.2. The molecule has 5 heteroatoms. The van der Waals surface area contributed by atoms with Crippen LogP contribution in [0.15, 0.2) is 59.2 Å². The zero-order valence-electron chi connectivity index (χ0n) is 10.4. The van der Waals surface area contributed by atoms with Gasteiger partial charge in [0.25, 0.3) is 5.91 Å². The van der Waals surface area contributed by atoms with Crippen LogP contribution < -0.4 is 5.32 Å². The van der Waals surface area contributed by atoms with Gasteiger partial charge in [-0.05, 0) is 17.0 Å². The van der Waals surface area contributed by atoms with Crippen LogP contribution >= 0.6 is 11.3 Å². The van der Waals surface area contributed by atoms with Crippen LogP contribution in [0.5, 0.6) is 0 Å². The molecule has 1 aromatic carbocycles. The van der Waals surface area contributed by atoms with Crippen molar-refractivity contribution in [3.8, 4) is 0 Å². The fraction of sp³-hybridized carbons (Fsp3) is 0.0667. The number of benzene rings is 1. The number of aliphatic hydroxyl groups is 1. The molecule has 0 unspecified atom stereocenters. The van der Waals surface area contributed by atoms with Crippen molar-refractivity contribution in [2.45, 2.75) is 6.04 Å². The highest BCUT2D eigenvalue weighted by Gasteiger charge is 2.37. The Hall–Kier alpha value is -2.40. The van der Waals surface area contributed by atoms with Crippen molar-refractivity contribution in [1.29, 1.82) is 0 Å². The number of aliphatic hydroxyl groups excluding tert-OH is 1. The Kier molecular flexibility index (Phi) is 3.12. The minimum atomic E-state index is -0.612. The van der Waals surface area contributed by atoms with Crippen LogP contribution in [0.3, 0.4) is 0 Å². The minimum absolute atomic E-state index is 0.114. The maximum atomic E-state index is 12.4. The van der Waals surface area contributed by atoms with E-state index < -0.39 is 17.7 Å². The predicted molar refractivity (Wildman–Crippen MR) is 75.6 cm³/mol. The van der Waals surface area contributed by atoms with Gasteiger partial charge in [0, 0.05) is 0 Å². The molecule has 2 aromatic rings. The molecule has 0 radical (unpaired) electrons. The minimum Gasteiger partial charge on any atom is -0.503 e. The molecule has 1 aliphatic heterocycles. The second-order valence-electron chi connectivity index (χ2n) is 4.39. The summed E-state index contributed by atoms with van der Waals surface area (Å²) < 4.78 is 0. The number of Topliss-reactive ketones (excluding diaryl/α,β-unsaturated/α-hetero) is 1. The lowest BCUT2D eigenvalue weighted by molar-refractivity contribution is -0.119. The third-order valence-electron chi connectivity index (χ3n) is 3.16. The Morgan fingerprint density at radius 1 is 1.15 bits per heavy atom. The molecule has 1 atom stereocenters. The van der Waals surface area contributed by atoms with Crippen molar-refractivity contribution in [2.24, 2.45) is 0 Å². The first-order chi connectivity index (χ1) is 9.68. The Morgan fingerprint density at radius 3 is 2.55 bits per heavy atom. The first-order valence-electron chi connectivity index (χ1n) is 6.05. The summed E-state index contributed by atoms with van der Waals surface area (Å²) in [6.45, 7) is 0. The molecule has 0 spiro atoms. The topological polar surface area (TPSA) is 66.4 Å². The monoisotopic (exact) mass is 285 g/mol. The summed E-state index contributed by atoms with van der Waals surface area (Å²) in [6, 6.07) is 12.0. The van der Waals surface area contributed by atoms with E-state index in [9.17, 15) is 14.7 Å². The van der Waals surface area contributed by atoms with Gasteiger partial charge in [0.15, 0.2) is 5.76 Å². The molecule has 1 amide bonds. The van der Waals surface area contributed by atoms with Crippen LogP contribution in [0, 0.1) is 0 Å². The number of ketones is 1. The summed E-state index contributed by atoms with van der Waals surface area (Å²) >= 11 is 1.28. The molecule has 2 heterocycles. The molecule has 0 fully saturated rings. The summed E-state index contributed by atoms with van der Waals surface area (Å²) in [5.41, 5.74) is 0.883. The van der Waals surface area contributed by atoms with Crippen LogP contribution in [-0.4, -0.2) is 16.8 Å². The largest absolute Gasteiger partial charge is 0.503 e. The van der Waals surface area contributed by atoms with Crippen molar-refractivity contribution in [3.63, 3.8) is 0 Å². The van der Waals surface area contributed by atoms with Crippen molar-refractivity contribution in [2.75, 3.05) is 0 Å². The van der Waals surface area contributed by atoms with Gasteiger partial charge in [0.1, 0.15) is 0 Å². The quantitative estimate of drug-likeness (QED) is 0.852. The Labute approximate surface area is 119 Å². The number of rotatable bonds is 3. The smallest absolute Gasteiger partial charge is 0.287 e. The fourth-order valence-electron chi connectivity index (χ4n) is 2.21. The number of amides is 1. The van der Waals surface area contributed by atoms with E-state index in [1.54, 1.807) is 17.5 Å². The second-order valence-corrected chi connectivity index (χ2v) is 5.33. The number of carbonyl (C=O) groups is 2. The average Bonchev–Trinajstić information content (AvgIpc) is 3.09. The standard InChI is InChI=1S/C15H11NO3S/c17-13(10-7-4-8-20-10)11-12(16-15(19)14(11)18)9-5-2-1-3-6-9/h1-8,12,18H,(H,16,19)/t12-/m1/s1. The summed E-state index contributed by atoms with van der Waals surface area (Å²) in [4.78, 5) is 24.6. The molecule has 20 heavy (non-hydrogen) atoms. The molecular formula is C15H11NO3S. The molecule has 0 aliphatic carbocycles. The number of hydrogen-bond donors (Lipinski definition) is 2. The third-order valence-corrected chi connectivity index (χ3v) is 4.03. The predicted octanol–water partition coefficient (Wildman–Crippen LogP) is 2.61. The molecular weight excluding hydrogens is 274 g/mol. The Bertz CT molecular complexity index is 689. The SMILES string of the molecule is O=C1N[C@H](c2ccccc2)C(C(=O)c2cccs2)=C1O. The highest BCUT2D eigenvalue weighted by molar-refractivity contribution is 7.12. The zero-order chi connectivity index (χ0) is 14.1. The number of thiophene rings is 1. The maximum absolute atomic E-state index is 12.4. The van der Waals surface area contributed by atoms with Crippen molar-refractivity contribution < 1.29 is 14.7 Å². The Morgan fingerprint density at radius 2 is 1.90 bits per heavy atom. The molecule has 0 saturated carbocycles. The van der Waals surface area contributed by atoms with Gasteiger partial charge in [-0.2, -0.15) is 0 Å². The average molecular weight is 285 g/mol. The summed E-state index contributed by atoms with van der Waals surface area (Å²) in [5.74, 6) is -1.42. The Balaban J connectivity index is 2.05. The van der Waals surface area contributed by atoms with Gasteiger partial charge in [-0.15, -0.1) is 11.3 Å².